The molecule has 4 heterocycles. The van der Waals surface area contributed by atoms with Gasteiger partial charge >= 0.3 is 0 Å². The van der Waals surface area contributed by atoms with Crippen molar-refractivity contribution in [3.8, 4) is 28.1 Å². The maximum Gasteiger partial charge on any atom is 0.220 e. The number of hydrogen-bond acceptors (Lipinski definition) is 8. The van der Waals surface area contributed by atoms with Gasteiger partial charge in [0.05, 0.1) is 28.5 Å². The van der Waals surface area contributed by atoms with Gasteiger partial charge in [-0.05, 0) is 30.7 Å². The van der Waals surface area contributed by atoms with Gasteiger partial charge in [0.15, 0.2) is 11.6 Å². The van der Waals surface area contributed by atoms with Crippen molar-refractivity contribution < 1.29 is 19.0 Å². The van der Waals surface area contributed by atoms with Gasteiger partial charge in [0.2, 0.25) is 5.91 Å². The van der Waals surface area contributed by atoms with Gasteiger partial charge in [-0.1, -0.05) is 47.5 Å². The lowest BCUT2D eigenvalue weighted by atomic mass is 10.0. The molecule has 2 saturated heterocycles. The summed E-state index contributed by atoms with van der Waals surface area (Å²) < 4.78 is 21.2. The van der Waals surface area contributed by atoms with Crippen LogP contribution in [-0.2, 0) is 17.9 Å². The molecule has 9 nitrogen and oxygen atoms in total. The standard InChI is InChI=1S/C34H35Cl2FN6O3/c1-46-28-13-21(5-6-22(28)14-38-15-24-7-8-29(45)41-24)33-31(36)26(10-12-39-33)25-3-2-4-27(30(25)35)42-34-32(37)23(9-11-40-34)18-43-16-20(17-43)19-44/h2-6,9-13,20,24,38,44H,7-8,14-19H2,1H3,(H,40,42)(H,41,45). The first-order valence-electron chi connectivity index (χ1n) is 15.2. The monoisotopic (exact) mass is 664 g/mol. The molecule has 46 heavy (non-hydrogen) atoms. The van der Waals surface area contributed by atoms with Crippen LogP contribution >= 0.6 is 23.2 Å². The van der Waals surface area contributed by atoms with E-state index in [1.54, 1.807) is 37.7 Å². The number of hydrogen-bond donors (Lipinski definition) is 4. The molecule has 12 heteroatoms. The largest absolute Gasteiger partial charge is 0.496 e. The van der Waals surface area contributed by atoms with Gasteiger partial charge < -0.3 is 25.8 Å². The fraction of sp³-hybridized carbons (Fsp3) is 0.324. The number of methoxy groups -OCH3 is 1. The van der Waals surface area contributed by atoms with E-state index in [0.717, 1.165) is 30.6 Å². The number of anilines is 2. The van der Waals surface area contributed by atoms with Crippen molar-refractivity contribution in [1.82, 2.24) is 25.5 Å². The zero-order valence-corrected chi connectivity index (χ0v) is 26.8. The average molecular weight is 666 g/mol. The molecular formula is C34H35Cl2FN6O3. The second-order valence-corrected chi connectivity index (χ2v) is 12.4. The first kappa shape index (κ1) is 32.2. The predicted molar refractivity (Wildman–Crippen MR) is 178 cm³/mol. The number of carbonyl (C=O) groups excluding carboxylic acids is 1. The average Bonchev–Trinajstić information content (AvgIpc) is 3.46. The number of nitrogens with one attached hydrogen (secondary N) is 3. The van der Waals surface area contributed by atoms with Crippen LogP contribution < -0.4 is 20.7 Å². The Bertz CT molecular complexity index is 1740. The predicted octanol–water partition coefficient (Wildman–Crippen LogP) is 5.80. The lowest BCUT2D eigenvalue weighted by molar-refractivity contribution is -0.119. The Morgan fingerprint density at radius 1 is 1.07 bits per heavy atom. The maximum absolute atomic E-state index is 15.5. The number of benzene rings is 2. The van der Waals surface area contributed by atoms with Gasteiger partial charge in [0.1, 0.15) is 5.75 Å². The molecule has 2 aromatic carbocycles. The zero-order chi connectivity index (χ0) is 32.2. The van der Waals surface area contributed by atoms with Crippen LogP contribution in [0, 0.1) is 11.7 Å². The van der Waals surface area contributed by atoms with E-state index in [9.17, 15) is 9.90 Å². The van der Waals surface area contributed by atoms with Gasteiger partial charge in [-0.3, -0.25) is 14.7 Å². The third-order valence-electron chi connectivity index (χ3n) is 8.44. The highest BCUT2D eigenvalue weighted by Gasteiger charge is 2.27. The zero-order valence-electron chi connectivity index (χ0n) is 25.3. The summed E-state index contributed by atoms with van der Waals surface area (Å²) in [6, 6.07) is 14.8. The third-order valence-corrected chi connectivity index (χ3v) is 9.23. The molecule has 0 aliphatic carbocycles. The number of rotatable bonds is 12. The summed E-state index contributed by atoms with van der Waals surface area (Å²) in [4.78, 5) is 22.4. The van der Waals surface area contributed by atoms with Crippen LogP contribution in [0.1, 0.15) is 24.0 Å². The van der Waals surface area contributed by atoms with E-state index in [-0.39, 0.29) is 30.3 Å². The number of likely N-dealkylation sites (tertiary alicyclic amines) is 1. The van der Waals surface area contributed by atoms with Gasteiger partial charge in [-0.25, -0.2) is 9.37 Å². The van der Waals surface area contributed by atoms with Crippen molar-refractivity contribution in [2.45, 2.75) is 32.0 Å². The minimum Gasteiger partial charge on any atom is -0.496 e. The number of carbonyl (C=O) groups is 1. The topological polar surface area (TPSA) is 112 Å². The van der Waals surface area contributed by atoms with E-state index >= 15 is 4.39 Å². The molecule has 0 bridgehead atoms. The Labute approximate surface area is 277 Å². The molecule has 4 N–H and O–H groups in total. The highest BCUT2D eigenvalue weighted by molar-refractivity contribution is 6.39. The summed E-state index contributed by atoms with van der Waals surface area (Å²) in [6.07, 6.45) is 4.64. The summed E-state index contributed by atoms with van der Waals surface area (Å²) in [5.74, 6) is 0.654. The molecule has 6 rings (SSSR count). The minimum absolute atomic E-state index is 0.0759. The molecule has 240 valence electrons. The summed E-state index contributed by atoms with van der Waals surface area (Å²) in [6.45, 7) is 3.31. The quantitative estimate of drug-likeness (QED) is 0.150. The molecule has 1 atom stereocenters. The molecule has 2 fully saturated rings. The van der Waals surface area contributed by atoms with Crippen molar-refractivity contribution >= 4 is 40.6 Å². The van der Waals surface area contributed by atoms with E-state index in [1.807, 2.05) is 30.3 Å². The first-order valence-corrected chi connectivity index (χ1v) is 15.9. The van der Waals surface area contributed by atoms with Crippen molar-refractivity contribution in [2.24, 2.45) is 5.92 Å². The van der Waals surface area contributed by atoms with Crippen molar-refractivity contribution in [3.05, 3.63) is 87.9 Å². The first-order chi connectivity index (χ1) is 22.3. The Hall–Kier alpha value is -3.80. The summed E-state index contributed by atoms with van der Waals surface area (Å²) in [7, 11) is 1.62. The number of aliphatic hydroxyl groups is 1. The van der Waals surface area contributed by atoms with E-state index in [2.05, 4.69) is 30.8 Å². The molecule has 2 aliphatic rings. The normalized spacial score (nSPS) is 16.7. The molecule has 0 spiro atoms. The summed E-state index contributed by atoms with van der Waals surface area (Å²) in [5, 5.41) is 19.5. The second kappa shape index (κ2) is 14.3. The van der Waals surface area contributed by atoms with Crippen LogP contribution in [0.4, 0.5) is 15.9 Å². The Kier molecular flexibility index (Phi) is 10.0. The number of ether oxygens (including phenoxy) is 1. The number of aliphatic hydroxyl groups excluding tert-OH is 1. The minimum atomic E-state index is -0.446. The number of pyridine rings is 2. The molecule has 1 amide bonds. The molecule has 2 aliphatic heterocycles. The Morgan fingerprint density at radius 2 is 1.87 bits per heavy atom. The number of aromatic nitrogens is 2. The van der Waals surface area contributed by atoms with Crippen molar-refractivity contribution in [3.63, 3.8) is 0 Å². The van der Waals surface area contributed by atoms with E-state index in [0.29, 0.717) is 69.9 Å². The van der Waals surface area contributed by atoms with E-state index < -0.39 is 5.82 Å². The van der Waals surface area contributed by atoms with Crippen LogP contribution in [0.3, 0.4) is 0 Å². The van der Waals surface area contributed by atoms with Crippen LogP contribution in [-0.4, -0.2) is 65.3 Å². The molecular weight excluding hydrogens is 630 g/mol. The number of halogens is 3. The fourth-order valence-electron chi connectivity index (χ4n) is 5.92. The van der Waals surface area contributed by atoms with Gasteiger partial charge in [0, 0.05) is 97.9 Å². The highest BCUT2D eigenvalue weighted by atomic mass is 35.5. The summed E-state index contributed by atoms with van der Waals surface area (Å²) >= 11 is 13.9. The fourth-order valence-corrected chi connectivity index (χ4v) is 6.52. The molecule has 0 radical (unpaired) electrons. The van der Waals surface area contributed by atoms with E-state index in [4.69, 9.17) is 27.9 Å². The highest BCUT2D eigenvalue weighted by Crippen LogP contribution is 2.42. The SMILES string of the molecule is COc1cc(-c2nccc(-c3cccc(Nc4nccc(CN5CC(CO)C5)c4F)c3Cl)c2Cl)ccc1CNCC1CCC(=O)N1. The number of amides is 1. The maximum atomic E-state index is 15.5. The lowest BCUT2D eigenvalue weighted by Gasteiger charge is -2.38. The van der Waals surface area contributed by atoms with Gasteiger partial charge in [-0.2, -0.15) is 0 Å². The molecule has 1 unspecified atom stereocenters. The summed E-state index contributed by atoms with van der Waals surface area (Å²) in [5.41, 5.74) is 4.63. The van der Waals surface area contributed by atoms with Gasteiger partial charge in [0.25, 0.3) is 0 Å². The second-order valence-electron chi connectivity index (χ2n) is 11.6. The number of nitrogens with zero attached hydrogens (tertiary/aromatic N) is 3. The van der Waals surface area contributed by atoms with Crippen molar-refractivity contribution in [2.75, 3.05) is 38.7 Å². The Morgan fingerprint density at radius 3 is 2.63 bits per heavy atom. The third kappa shape index (κ3) is 6.96. The molecule has 0 saturated carbocycles. The molecule has 4 aromatic rings. The van der Waals surface area contributed by atoms with Crippen LogP contribution in [0.5, 0.6) is 5.75 Å². The lowest BCUT2D eigenvalue weighted by Crippen LogP contribution is -2.47. The van der Waals surface area contributed by atoms with Gasteiger partial charge in [-0.15, -0.1) is 0 Å². The van der Waals surface area contributed by atoms with Crippen LogP contribution in [0.2, 0.25) is 10.0 Å². The van der Waals surface area contributed by atoms with Crippen LogP contribution in [0.15, 0.2) is 60.9 Å². The van der Waals surface area contributed by atoms with Crippen LogP contribution in [0.25, 0.3) is 22.4 Å². The smallest absolute Gasteiger partial charge is 0.220 e. The molecule has 2 aromatic heterocycles. The van der Waals surface area contributed by atoms with E-state index in [1.165, 1.54) is 0 Å². The Balaban J connectivity index is 1.20. The van der Waals surface area contributed by atoms with Crippen molar-refractivity contribution in [1.29, 1.82) is 0 Å².